The molecule has 1 aromatic rings. The zero-order valence-corrected chi connectivity index (χ0v) is 13.1. The summed E-state index contributed by atoms with van der Waals surface area (Å²) in [5.41, 5.74) is 1.11. The summed E-state index contributed by atoms with van der Waals surface area (Å²) in [6.07, 6.45) is 1.53. The Morgan fingerprint density at radius 2 is 2.17 bits per heavy atom. The second kappa shape index (κ2) is 5.72. The van der Waals surface area contributed by atoms with Crippen molar-refractivity contribution < 1.29 is 9.90 Å². The van der Waals surface area contributed by atoms with E-state index in [0.29, 0.717) is 5.92 Å². The van der Waals surface area contributed by atoms with Gasteiger partial charge in [-0.25, -0.2) is 0 Å². The Hall–Kier alpha value is -0.390. The first-order valence-corrected chi connectivity index (χ1v) is 7.83. The fraction of sp³-hybridized carbons (Fsp3) is 0.615. The van der Waals surface area contributed by atoms with E-state index in [-0.39, 0.29) is 12.0 Å². The Labute approximate surface area is 120 Å². The van der Waals surface area contributed by atoms with E-state index in [0.717, 1.165) is 40.2 Å². The first-order valence-electron chi connectivity index (χ1n) is 6.22. The van der Waals surface area contributed by atoms with E-state index in [1.54, 1.807) is 0 Å². The zero-order valence-electron chi connectivity index (χ0n) is 10.6. The summed E-state index contributed by atoms with van der Waals surface area (Å²) in [7, 11) is 0. The number of amides is 1. The maximum atomic E-state index is 12.3. The number of hydrogen-bond donors (Lipinski definition) is 1. The first-order chi connectivity index (χ1) is 8.49. The quantitative estimate of drug-likeness (QED) is 0.904. The van der Waals surface area contributed by atoms with E-state index >= 15 is 0 Å². The van der Waals surface area contributed by atoms with Gasteiger partial charge in [0.1, 0.15) is 0 Å². The number of piperidine rings is 1. The second-order valence-electron chi connectivity index (χ2n) is 4.94. The first kappa shape index (κ1) is 14.0. The standard InChI is InChI=1S/C13H18BrNO2S/c1-8-7-11(18-12(8)14)13(17)15-5-3-10(4-6-15)9(2)16/h7,9-10,16H,3-6H2,1-2H3. The Morgan fingerprint density at radius 1 is 1.56 bits per heavy atom. The highest BCUT2D eigenvalue weighted by atomic mass is 79.9. The molecule has 1 N–H and O–H groups in total. The maximum Gasteiger partial charge on any atom is 0.263 e. The lowest BCUT2D eigenvalue weighted by atomic mass is 9.92. The van der Waals surface area contributed by atoms with Crippen molar-refractivity contribution in [3.05, 3.63) is 20.3 Å². The molecule has 0 aromatic carbocycles. The van der Waals surface area contributed by atoms with Crippen LogP contribution in [0.5, 0.6) is 0 Å². The van der Waals surface area contributed by atoms with Crippen molar-refractivity contribution >= 4 is 33.2 Å². The van der Waals surface area contributed by atoms with Crippen molar-refractivity contribution in [3.63, 3.8) is 0 Å². The minimum absolute atomic E-state index is 0.123. The van der Waals surface area contributed by atoms with Crippen LogP contribution in [0.25, 0.3) is 0 Å². The van der Waals surface area contributed by atoms with Crippen molar-refractivity contribution in [1.82, 2.24) is 4.90 Å². The third kappa shape index (κ3) is 2.95. The number of hydrogen-bond acceptors (Lipinski definition) is 3. The number of carbonyl (C=O) groups is 1. The van der Waals surface area contributed by atoms with Gasteiger partial charge >= 0.3 is 0 Å². The maximum absolute atomic E-state index is 12.3. The molecule has 0 radical (unpaired) electrons. The highest BCUT2D eigenvalue weighted by Gasteiger charge is 2.26. The van der Waals surface area contributed by atoms with Crippen LogP contribution < -0.4 is 0 Å². The number of rotatable bonds is 2. The van der Waals surface area contributed by atoms with Gasteiger partial charge in [0.05, 0.1) is 14.8 Å². The van der Waals surface area contributed by atoms with Gasteiger partial charge in [-0.15, -0.1) is 11.3 Å². The van der Waals surface area contributed by atoms with Gasteiger partial charge in [-0.3, -0.25) is 4.79 Å². The summed E-state index contributed by atoms with van der Waals surface area (Å²) in [6.45, 7) is 5.34. The number of aliphatic hydroxyl groups excluding tert-OH is 1. The van der Waals surface area contributed by atoms with Gasteiger partial charge in [-0.1, -0.05) is 0 Å². The lowest BCUT2D eigenvalue weighted by Gasteiger charge is -2.33. The molecule has 2 heterocycles. The Morgan fingerprint density at radius 3 is 2.61 bits per heavy atom. The fourth-order valence-electron chi connectivity index (χ4n) is 2.31. The largest absolute Gasteiger partial charge is 0.393 e. The minimum atomic E-state index is -0.264. The third-order valence-corrected chi connectivity index (χ3v) is 5.70. The highest BCUT2D eigenvalue weighted by molar-refractivity contribution is 9.11. The average Bonchev–Trinajstić information content (AvgIpc) is 2.69. The second-order valence-corrected chi connectivity index (χ2v) is 7.31. The van der Waals surface area contributed by atoms with Crippen LogP contribution in [-0.4, -0.2) is 35.1 Å². The van der Waals surface area contributed by atoms with Gasteiger partial charge < -0.3 is 10.0 Å². The van der Waals surface area contributed by atoms with E-state index in [1.165, 1.54) is 11.3 Å². The van der Waals surface area contributed by atoms with Crippen molar-refractivity contribution in [2.75, 3.05) is 13.1 Å². The molecule has 2 rings (SSSR count). The number of aryl methyl sites for hydroxylation is 1. The molecular formula is C13H18BrNO2S. The van der Waals surface area contributed by atoms with Gasteiger partial charge in [0.15, 0.2) is 0 Å². The van der Waals surface area contributed by atoms with Crippen LogP contribution in [0, 0.1) is 12.8 Å². The van der Waals surface area contributed by atoms with E-state index in [4.69, 9.17) is 0 Å². The summed E-state index contributed by atoms with van der Waals surface area (Å²) in [5, 5.41) is 9.55. The molecule has 3 nitrogen and oxygen atoms in total. The number of aliphatic hydroxyl groups is 1. The molecule has 0 spiro atoms. The monoisotopic (exact) mass is 331 g/mol. The van der Waals surface area contributed by atoms with Crippen molar-refractivity contribution in [3.8, 4) is 0 Å². The Kier molecular flexibility index (Phi) is 4.45. The van der Waals surface area contributed by atoms with Crippen LogP contribution >= 0.6 is 27.3 Å². The topological polar surface area (TPSA) is 40.5 Å². The molecule has 5 heteroatoms. The summed E-state index contributed by atoms with van der Waals surface area (Å²) in [5.74, 6) is 0.462. The molecule has 18 heavy (non-hydrogen) atoms. The molecular weight excluding hydrogens is 314 g/mol. The molecule has 1 aliphatic heterocycles. The minimum Gasteiger partial charge on any atom is -0.393 e. The van der Waals surface area contributed by atoms with Crippen LogP contribution in [0.1, 0.15) is 35.0 Å². The highest BCUT2D eigenvalue weighted by Crippen LogP contribution is 2.29. The summed E-state index contributed by atoms with van der Waals surface area (Å²) < 4.78 is 1.03. The summed E-state index contributed by atoms with van der Waals surface area (Å²) in [6, 6.07) is 1.94. The third-order valence-electron chi connectivity index (χ3n) is 3.58. The van der Waals surface area contributed by atoms with Crippen LogP contribution in [0.4, 0.5) is 0 Å². The number of nitrogens with zero attached hydrogens (tertiary/aromatic N) is 1. The van der Waals surface area contributed by atoms with Gasteiger partial charge in [0, 0.05) is 13.1 Å². The molecule has 0 aliphatic carbocycles. The molecule has 0 bridgehead atoms. The van der Waals surface area contributed by atoms with E-state index < -0.39 is 0 Å². The van der Waals surface area contributed by atoms with Gasteiger partial charge in [-0.2, -0.15) is 0 Å². The molecule has 1 atom stereocenters. The van der Waals surface area contributed by atoms with Crippen LogP contribution in [-0.2, 0) is 0 Å². The van der Waals surface area contributed by atoms with Crippen LogP contribution in [0.3, 0.4) is 0 Å². The predicted molar refractivity (Wildman–Crippen MR) is 77.1 cm³/mol. The number of halogens is 1. The number of thiophene rings is 1. The van der Waals surface area contributed by atoms with Gasteiger partial charge in [0.2, 0.25) is 0 Å². The van der Waals surface area contributed by atoms with Crippen molar-refractivity contribution in [2.45, 2.75) is 32.8 Å². The summed E-state index contributed by atoms with van der Waals surface area (Å²) in [4.78, 5) is 15.0. The molecule has 1 aliphatic rings. The van der Waals surface area contributed by atoms with Crippen molar-refractivity contribution in [2.24, 2.45) is 5.92 Å². The number of likely N-dealkylation sites (tertiary alicyclic amines) is 1. The van der Waals surface area contributed by atoms with Crippen LogP contribution in [0.2, 0.25) is 0 Å². The lowest BCUT2D eigenvalue weighted by molar-refractivity contribution is 0.0525. The smallest absolute Gasteiger partial charge is 0.263 e. The normalized spacial score (nSPS) is 19.0. The Balaban J connectivity index is 1.99. The predicted octanol–water partition coefficient (Wildman–Crippen LogP) is 3.05. The molecule has 100 valence electrons. The lowest BCUT2D eigenvalue weighted by Crippen LogP contribution is -2.40. The molecule has 1 amide bonds. The molecule has 1 aromatic heterocycles. The SMILES string of the molecule is Cc1cc(C(=O)N2CCC(C(C)O)CC2)sc1Br. The van der Waals surface area contributed by atoms with E-state index in [2.05, 4.69) is 15.9 Å². The fourth-order valence-corrected chi connectivity index (χ4v) is 3.81. The van der Waals surface area contributed by atoms with Crippen molar-refractivity contribution in [1.29, 1.82) is 0 Å². The van der Waals surface area contributed by atoms with Gasteiger partial charge in [0.25, 0.3) is 5.91 Å². The van der Waals surface area contributed by atoms with Gasteiger partial charge in [-0.05, 0) is 60.2 Å². The Bertz CT molecular complexity index is 417. The van der Waals surface area contributed by atoms with E-state index in [1.807, 2.05) is 24.8 Å². The average molecular weight is 332 g/mol. The molecule has 1 unspecified atom stereocenters. The van der Waals surface area contributed by atoms with E-state index in [9.17, 15) is 9.90 Å². The summed E-state index contributed by atoms with van der Waals surface area (Å²) >= 11 is 4.95. The zero-order chi connectivity index (χ0) is 13.3. The number of carbonyl (C=O) groups excluding carboxylic acids is 1. The molecule has 1 fully saturated rings. The molecule has 1 saturated heterocycles. The van der Waals surface area contributed by atoms with Crippen LogP contribution in [0.15, 0.2) is 9.85 Å². The molecule has 0 saturated carbocycles.